The van der Waals surface area contributed by atoms with Crippen molar-refractivity contribution in [2.75, 3.05) is 4.90 Å². The Morgan fingerprint density at radius 1 is 0.917 bits per heavy atom. The summed E-state index contributed by atoms with van der Waals surface area (Å²) in [6.45, 7) is 4.45. The molecular weight excluding hydrogens is 488 g/mol. The van der Waals surface area contributed by atoms with Crippen molar-refractivity contribution >= 4 is 17.0 Å². The van der Waals surface area contributed by atoms with E-state index in [0.717, 1.165) is 34.5 Å². The van der Waals surface area contributed by atoms with Gasteiger partial charge >= 0.3 is 12.4 Å². The Hall–Kier alpha value is -3.64. The van der Waals surface area contributed by atoms with E-state index >= 15 is 0 Å². The average molecular weight is 510 g/mol. The highest BCUT2D eigenvalue weighted by Gasteiger charge is 2.37. The lowest BCUT2D eigenvalue weighted by Crippen LogP contribution is -2.24. The fraction of sp³-hybridized carbons (Fsp3) is 0.391. The number of fused-ring (bicyclic) bond motifs is 1. The molecule has 36 heavy (non-hydrogen) atoms. The summed E-state index contributed by atoms with van der Waals surface area (Å²) in [7, 11) is 1.50. The van der Waals surface area contributed by atoms with Crippen LogP contribution in [0.5, 0.6) is 0 Å². The molecular formula is C23H22F6N7. The van der Waals surface area contributed by atoms with E-state index in [9.17, 15) is 26.3 Å². The van der Waals surface area contributed by atoms with Crippen LogP contribution in [-0.4, -0.2) is 29.8 Å². The number of aryl methyl sites for hydroxylation is 3. The minimum atomic E-state index is -4.95. The van der Waals surface area contributed by atoms with Crippen LogP contribution in [0.25, 0.3) is 11.0 Å². The molecule has 0 amide bonds. The second-order valence-electron chi connectivity index (χ2n) is 8.25. The average Bonchev–Trinajstić information content (AvgIpc) is 3.39. The summed E-state index contributed by atoms with van der Waals surface area (Å²) in [4.78, 5) is 7.00. The third-order valence-corrected chi connectivity index (χ3v) is 5.66. The van der Waals surface area contributed by atoms with Crippen LogP contribution in [0.4, 0.5) is 32.3 Å². The first kappa shape index (κ1) is 25.5. The summed E-state index contributed by atoms with van der Waals surface area (Å²) >= 11 is 0. The third kappa shape index (κ3) is 5.29. The number of halogens is 6. The summed E-state index contributed by atoms with van der Waals surface area (Å²) in [5.41, 5.74) is -0.585. The van der Waals surface area contributed by atoms with Gasteiger partial charge in [-0.1, -0.05) is 12.0 Å². The highest BCUT2D eigenvalue weighted by molar-refractivity contribution is 5.78. The molecule has 0 unspecified atom stereocenters. The third-order valence-electron chi connectivity index (χ3n) is 5.66. The maximum atomic E-state index is 13.4. The maximum Gasteiger partial charge on any atom is 0.416 e. The molecule has 0 bridgehead atoms. The fourth-order valence-electron chi connectivity index (χ4n) is 4.05. The van der Waals surface area contributed by atoms with Crippen molar-refractivity contribution in [3.63, 3.8) is 0 Å². The molecule has 7 nitrogen and oxygen atoms in total. The van der Waals surface area contributed by atoms with Gasteiger partial charge in [0, 0.05) is 36.3 Å². The lowest BCUT2D eigenvalue weighted by Gasteiger charge is -2.22. The molecule has 4 aromatic rings. The highest BCUT2D eigenvalue weighted by atomic mass is 19.4. The number of rotatable bonds is 7. The van der Waals surface area contributed by atoms with E-state index in [1.807, 2.05) is 26.0 Å². The van der Waals surface area contributed by atoms with E-state index < -0.39 is 23.5 Å². The molecule has 0 N–H and O–H groups in total. The van der Waals surface area contributed by atoms with Crippen LogP contribution in [-0.2, 0) is 45.5 Å². The van der Waals surface area contributed by atoms with Gasteiger partial charge in [0.05, 0.1) is 24.4 Å². The maximum absolute atomic E-state index is 13.4. The summed E-state index contributed by atoms with van der Waals surface area (Å²) in [6, 6.07) is 5.32. The molecule has 0 aliphatic heterocycles. The first-order valence-corrected chi connectivity index (χ1v) is 11.1. The van der Waals surface area contributed by atoms with Gasteiger partial charge in [-0.2, -0.15) is 31.1 Å². The molecule has 0 atom stereocenters. The Labute approximate surface area is 202 Å². The van der Waals surface area contributed by atoms with Gasteiger partial charge < -0.3 is 9.47 Å². The second-order valence-corrected chi connectivity index (χ2v) is 8.25. The topological polar surface area (TPSA) is 64.7 Å². The standard InChI is InChI=1S/C23H22F6N7/c1-4-19-9-16-6-15(11-30-20(16)36(19)5-2)13-35(21-31-33-34(3)32-21)12-14-7-17(22(24,25)26)10-18(8-14)23(27,28)29/h6-10H,4-5,12-13H2,1-3H3. The quantitative estimate of drug-likeness (QED) is 0.321. The number of nitrogens with zero attached hydrogens (tertiary/aromatic N) is 7. The molecule has 1 aromatic carbocycles. The van der Waals surface area contributed by atoms with Gasteiger partial charge in [0.2, 0.25) is 0 Å². The van der Waals surface area contributed by atoms with Crippen molar-refractivity contribution in [1.29, 1.82) is 0 Å². The number of benzene rings is 1. The molecule has 0 fully saturated rings. The van der Waals surface area contributed by atoms with Gasteiger partial charge in [0.1, 0.15) is 5.65 Å². The van der Waals surface area contributed by atoms with E-state index in [1.54, 1.807) is 0 Å². The summed E-state index contributed by atoms with van der Waals surface area (Å²) < 4.78 is 82.2. The van der Waals surface area contributed by atoms with Gasteiger partial charge in [0.15, 0.2) is 0 Å². The van der Waals surface area contributed by atoms with Crippen LogP contribution in [0.15, 0.2) is 30.3 Å². The second kappa shape index (κ2) is 9.43. The SMILES string of the molecule is CCc1cc2cc(CN(Cc3cc(C(F)(F)F)cc(C(F)(F)F)c3)c3nnn(C)n3)[c]nc2n1CC. The van der Waals surface area contributed by atoms with Crippen LogP contribution in [0.2, 0.25) is 0 Å². The van der Waals surface area contributed by atoms with Crippen molar-refractivity contribution in [2.45, 2.75) is 52.3 Å². The molecule has 0 aliphatic rings. The van der Waals surface area contributed by atoms with Crippen molar-refractivity contribution in [2.24, 2.45) is 7.05 Å². The van der Waals surface area contributed by atoms with Crippen LogP contribution in [0, 0.1) is 6.20 Å². The summed E-state index contributed by atoms with van der Waals surface area (Å²) in [5, 5.41) is 12.6. The van der Waals surface area contributed by atoms with Crippen molar-refractivity contribution in [3.8, 4) is 0 Å². The number of hydrogen-bond acceptors (Lipinski definition) is 5. The number of hydrogen-bond donors (Lipinski definition) is 0. The normalized spacial score (nSPS) is 12.5. The molecule has 13 heteroatoms. The fourth-order valence-corrected chi connectivity index (χ4v) is 4.05. The van der Waals surface area contributed by atoms with Crippen molar-refractivity contribution < 1.29 is 26.3 Å². The van der Waals surface area contributed by atoms with E-state index in [2.05, 4.69) is 31.2 Å². The summed E-state index contributed by atoms with van der Waals surface area (Å²) in [6.07, 6.45) is -6.16. The van der Waals surface area contributed by atoms with Gasteiger partial charge in [-0.05, 0) is 54.5 Å². The van der Waals surface area contributed by atoms with E-state index in [0.29, 0.717) is 17.7 Å². The molecule has 0 saturated heterocycles. The smallest absolute Gasteiger partial charge is 0.330 e. The molecule has 1 radical (unpaired) electrons. The van der Waals surface area contributed by atoms with E-state index in [4.69, 9.17) is 0 Å². The largest absolute Gasteiger partial charge is 0.416 e. The van der Waals surface area contributed by atoms with Crippen LogP contribution >= 0.6 is 0 Å². The van der Waals surface area contributed by atoms with Crippen LogP contribution in [0.1, 0.15) is 41.8 Å². The predicted octanol–water partition coefficient (Wildman–Crippen LogP) is 5.19. The van der Waals surface area contributed by atoms with Gasteiger partial charge in [-0.25, -0.2) is 4.98 Å². The zero-order chi connectivity index (χ0) is 26.3. The Kier molecular flexibility index (Phi) is 6.67. The minimum absolute atomic E-state index is 0.0327. The molecule has 0 aliphatic carbocycles. The highest BCUT2D eigenvalue weighted by Crippen LogP contribution is 2.36. The van der Waals surface area contributed by atoms with Crippen molar-refractivity contribution in [3.05, 3.63) is 64.5 Å². The molecule has 191 valence electrons. The lowest BCUT2D eigenvalue weighted by molar-refractivity contribution is -0.143. The van der Waals surface area contributed by atoms with Gasteiger partial charge in [0.25, 0.3) is 5.95 Å². The minimum Gasteiger partial charge on any atom is -0.330 e. The molecule has 0 spiro atoms. The Morgan fingerprint density at radius 3 is 2.11 bits per heavy atom. The zero-order valence-electron chi connectivity index (χ0n) is 19.6. The Balaban J connectivity index is 1.73. The zero-order valence-corrected chi connectivity index (χ0v) is 19.6. The van der Waals surface area contributed by atoms with Crippen LogP contribution in [0.3, 0.4) is 0 Å². The molecule has 3 aromatic heterocycles. The first-order chi connectivity index (χ1) is 16.9. The molecule has 0 saturated carbocycles. The number of anilines is 1. The lowest BCUT2D eigenvalue weighted by atomic mass is 10.0. The van der Waals surface area contributed by atoms with Crippen molar-refractivity contribution in [1.82, 2.24) is 29.8 Å². The molecule has 3 heterocycles. The summed E-state index contributed by atoms with van der Waals surface area (Å²) in [5.74, 6) is 0.0392. The first-order valence-electron chi connectivity index (χ1n) is 11.1. The Bertz CT molecular complexity index is 1340. The number of pyridine rings is 1. The monoisotopic (exact) mass is 510 g/mol. The number of aromatic nitrogens is 6. The number of tetrazole rings is 1. The van der Waals surface area contributed by atoms with E-state index in [-0.39, 0.29) is 30.7 Å². The van der Waals surface area contributed by atoms with Gasteiger partial charge in [-0.3, -0.25) is 0 Å². The van der Waals surface area contributed by atoms with Gasteiger partial charge in [-0.15, -0.1) is 5.10 Å². The number of alkyl halides is 6. The van der Waals surface area contributed by atoms with Crippen LogP contribution < -0.4 is 4.90 Å². The van der Waals surface area contributed by atoms with E-state index in [1.165, 1.54) is 11.9 Å². The predicted molar refractivity (Wildman–Crippen MR) is 119 cm³/mol. The molecule has 4 rings (SSSR count). The Morgan fingerprint density at radius 2 is 1.58 bits per heavy atom.